The number of carboxylic acid groups (broad SMARTS) is 1. The number of carboxylic acids is 1. The van der Waals surface area contributed by atoms with E-state index in [1.165, 1.54) is 0 Å². The number of thioether (sulfide) groups is 1. The standard InChI is InChI=1S/C17H22N2O4S/c20-14(19-17(16(22)23)7-10-24-11-8-17)6-9-18-15(21)12-13-4-2-1-3-5-13/h1-5H,6-12H2,(H,18,21)(H,19,20)(H,22,23). The number of carbonyl (C=O) groups excluding carboxylic acids is 2. The van der Waals surface area contributed by atoms with Gasteiger partial charge in [0.05, 0.1) is 6.42 Å². The van der Waals surface area contributed by atoms with Crippen LogP contribution in [0, 0.1) is 0 Å². The molecule has 0 atom stereocenters. The highest BCUT2D eigenvalue weighted by Crippen LogP contribution is 2.27. The lowest BCUT2D eigenvalue weighted by atomic mass is 9.92. The third kappa shape index (κ3) is 5.26. The minimum absolute atomic E-state index is 0.0721. The van der Waals surface area contributed by atoms with E-state index in [4.69, 9.17) is 0 Å². The normalized spacial score (nSPS) is 16.2. The predicted octanol–water partition coefficient (Wildman–Crippen LogP) is 1.20. The Morgan fingerprint density at radius 1 is 1.08 bits per heavy atom. The van der Waals surface area contributed by atoms with Gasteiger partial charge in [-0.2, -0.15) is 11.8 Å². The molecule has 0 unspecified atom stereocenters. The molecule has 2 amide bonds. The van der Waals surface area contributed by atoms with Gasteiger partial charge in [-0.3, -0.25) is 9.59 Å². The summed E-state index contributed by atoms with van der Waals surface area (Å²) >= 11 is 1.69. The summed E-state index contributed by atoms with van der Waals surface area (Å²) in [6, 6.07) is 9.34. The van der Waals surface area contributed by atoms with Gasteiger partial charge in [-0.25, -0.2) is 4.79 Å². The maximum atomic E-state index is 12.0. The number of hydrogen-bond acceptors (Lipinski definition) is 4. The fourth-order valence-electron chi connectivity index (χ4n) is 2.60. The van der Waals surface area contributed by atoms with E-state index < -0.39 is 11.5 Å². The van der Waals surface area contributed by atoms with Crippen molar-refractivity contribution in [3.05, 3.63) is 35.9 Å². The SMILES string of the molecule is O=C(Cc1ccccc1)NCCC(=O)NC1(C(=O)O)CCSCC1. The van der Waals surface area contributed by atoms with E-state index in [9.17, 15) is 19.5 Å². The third-order valence-corrected chi connectivity index (χ3v) is 5.00. The molecular weight excluding hydrogens is 328 g/mol. The Balaban J connectivity index is 1.74. The topological polar surface area (TPSA) is 95.5 Å². The number of aliphatic carboxylic acids is 1. The van der Waals surface area contributed by atoms with E-state index in [-0.39, 0.29) is 31.2 Å². The van der Waals surface area contributed by atoms with Crippen LogP contribution in [-0.2, 0) is 20.8 Å². The number of carbonyl (C=O) groups is 3. The first-order valence-corrected chi connectivity index (χ1v) is 9.10. The van der Waals surface area contributed by atoms with E-state index in [1.54, 1.807) is 11.8 Å². The van der Waals surface area contributed by atoms with Crippen LogP contribution in [0.5, 0.6) is 0 Å². The van der Waals surface area contributed by atoms with Gasteiger partial charge in [0.2, 0.25) is 11.8 Å². The summed E-state index contributed by atoms with van der Waals surface area (Å²) < 4.78 is 0. The smallest absolute Gasteiger partial charge is 0.329 e. The van der Waals surface area contributed by atoms with Gasteiger partial charge in [0.15, 0.2) is 0 Å². The lowest BCUT2D eigenvalue weighted by Crippen LogP contribution is -2.56. The highest BCUT2D eigenvalue weighted by atomic mass is 32.2. The van der Waals surface area contributed by atoms with Gasteiger partial charge in [-0.05, 0) is 29.9 Å². The maximum Gasteiger partial charge on any atom is 0.329 e. The van der Waals surface area contributed by atoms with Crippen LogP contribution in [0.1, 0.15) is 24.8 Å². The van der Waals surface area contributed by atoms with Crippen LogP contribution < -0.4 is 10.6 Å². The van der Waals surface area contributed by atoms with Crippen LogP contribution in [0.2, 0.25) is 0 Å². The van der Waals surface area contributed by atoms with Gasteiger partial charge >= 0.3 is 5.97 Å². The summed E-state index contributed by atoms with van der Waals surface area (Å²) in [5.41, 5.74) is -0.250. The van der Waals surface area contributed by atoms with Crippen molar-refractivity contribution in [2.75, 3.05) is 18.1 Å². The van der Waals surface area contributed by atoms with E-state index in [2.05, 4.69) is 10.6 Å². The van der Waals surface area contributed by atoms with Crippen LogP contribution in [0.3, 0.4) is 0 Å². The predicted molar refractivity (Wildman–Crippen MR) is 92.8 cm³/mol. The zero-order valence-electron chi connectivity index (χ0n) is 13.4. The molecule has 1 aromatic rings. The molecule has 130 valence electrons. The molecule has 0 saturated carbocycles. The zero-order valence-corrected chi connectivity index (χ0v) is 14.2. The van der Waals surface area contributed by atoms with Gasteiger partial charge in [-0.1, -0.05) is 30.3 Å². The monoisotopic (exact) mass is 350 g/mol. The van der Waals surface area contributed by atoms with Gasteiger partial charge in [0.1, 0.15) is 5.54 Å². The molecule has 1 aliphatic rings. The molecule has 0 radical (unpaired) electrons. The van der Waals surface area contributed by atoms with Crippen LogP contribution in [-0.4, -0.2) is 46.5 Å². The first-order chi connectivity index (χ1) is 11.5. The Bertz CT molecular complexity index is 586. The van der Waals surface area contributed by atoms with E-state index in [0.29, 0.717) is 12.8 Å². The molecule has 6 nitrogen and oxygen atoms in total. The van der Waals surface area contributed by atoms with Crippen LogP contribution in [0.15, 0.2) is 30.3 Å². The van der Waals surface area contributed by atoms with Crippen molar-refractivity contribution in [2.24, 2.45) is 0 Å². The average Bonchev–Trinajstić information content (AvgIpc) is 2.56. The zero-order chi connectivity index (χ0) is 17.4. The van der Waals surface area contributed by atoms with Crippen molar-refractivity contribution in [1.29, 1.82) is 0 Å². The Labute approximate surface area is 145 Å². The summed E-state index contributed by atoms with van der Waals surface area (Å²) in [5, 5.41) is 14.8. The third-order valence-electron chi connectivity index (χ3n) is 4.02. The van der Waals surface area contributed by atoms with Crippen LogP contribution in [0.25, 0.3) is 0 Å². The molecule has 1 fully saturated rings. The highest BCUT2D eigenvalue weighted by Gasteiger charge is 2.41. The fourth-order valence-corrected chi connectivity index (χ4v) is 3.79. The highest BCUT2D eigenvalue weighted by molar-refractivity contribution is 7.99. The minimum atomic E-state index is -1.16. The van der Waals surface area contributed by atoms with Gasteiger partial charge in [0, 0.05) is 13.0 Å². The molecule has 3 N–H and O–H groups in total. The summed E-state index contributed by atoms with van der Waals surface area (Å²) in [4.78, 5) is 35.3. The molecule has 1 heterocycles. The largest absolute Gasteiger partial charge is 0.480 e. The first-order valence-electron chi connectivity index (χ1n) is 7.95. The van der Waals surface area contributed by atoms with Crippen molar-refractivity contribution in [2.45, 2.75) is 31.2 Å². The van der Waals surface area contributed by atoms with E-state index >= 15 is 0 Å². The summed E-state index contributed by atoms with van der Waals surface area (Å²) in [6.45, 7) is 0.196. The molecular formula is C17H22N2O4S. The van der Waals surface area contributed by atoms with E-state index in [0.717, 1.165) is 17.1 Å². The molecule has 0 spiro atoms. The van der Waals surface area contributed by atoms with E-state index in [1.807, 2.05) is 30.3 Å². The van der Waals surface area contributed by atoms with Crippen molar-refractivity contribution < 1.29 is 19.5 Å². The maximum absolute atomic E-state index is 12.0. The second-order valence-electron chi connectivity index (χ2n) is 5.81. The van der Waals surface area contributed by atoms with Crippen molar-refractivity contribution in [3.63, 3.8) is 0 Å². The molecule has 24 heavy (non-hydrogen) atoms. The quantitative estimate of drug-likeness (QED) is 0.687. The van der Waals surface area contributed by atoms with Crippen LogP contribution >= 0.6 is 11.8 Å². The molecule has 0 aromatic heterocycles. The Hall–Kier alpha value is -2.02. The Morgan fingerprint density at radius 2 is 1.75 bits per heavy atom. The number of benzene rings is 1. The summed E-state index contributed by atoms with van der Waals surface area (Å²) in [7, 11) is 0. The molecule has 0 aliphatic carbocycles. The second kappa shape index (κ2) is 8.73. The van der Waals surface area contributed by atoms with Gasteiger partial charge in [-0.15, -0.1) is 0 Å². The molecule has 1 aliphatic heterocycles. The fraction of sp³-hybridized carbons (Fsp3) is 0.471. The summed E-state index contributed by atoms with van der Waals surface area (Å²) in [5.74, 6) is -0.0366. The molecule has 1 saturated heterocycles. The molecule has 0 bridgehead atoms. The van der Waals surface area contributed by atoms with Crippen LogP contribution in [0.4, 0.5) is 0 Å². The van der Waals surface area contributed by atoms with Crippen molar-refractivity contribution in [1.82, 2.24) is 10.6 Å². The number of hydrogen-bond donors (Lipinski definition) is 3. The Morgan fingerprint density at radius 3 is 2.38 bits per heavy atom. The average molecular weight is 350 g/mol. The molecule has 2 rings (SSSR count). The first kappa shape index (κ1) is 18.3. The minimum Gasteiger partial charge on any atom is -0.480 e. The lowest BCUT2D eigenvalue weighted by molar-refractivity contribution is -0.148. The molecule has 1 aromatic carbocycles. The Kier molecular flexibility index (Phi) is 6.66. The number of rotatable bonds is 7. The number of amides is 2. The van der Waals surface area contributed by atoms with Crippen molar-refractivity contribution >= 4 is 29.5 Å². The van der Waals surface area contributed by atoms with Gasteiger partial charge in [0.25, 0.3) is 0 Å². The van der Waals surface area contributed by atoms with Gasteiger partial charge < -0.3 is 15.7 Å². The number of nitrogens with one attached hydrogen (secondary N) is 2. The van der Waals surface area contributed by atoms with Crippen molar-refractivity contribution in [3.8, 4) is 0 Å². The summed E-state index contributed by atoms with van der Waals surface area (Å²) in [6.07, 6.45) is 1.19. The molecule has 7 heteroatoms. The second-order valence-corrected chi connectivity index (χ2v) is 7.03. The lowest BCUT2D eigenvalue weighted by Gasteiger charge is -2.33.